The summed E-state index contributed by atoms with van der Waals surface area (Å²) in [5.41, 5.74) is 0.194. The summed E-state index contributed by atoms with van der Waals surface area (Å²) in [6.45, 7) is 0. The number of rotatable bonds is 2. The predicted octanol–water partition coefficient (Wildman–Crippen LogP) is 0.377. The predicted molar refractivity (Wildman–Crippen MR) is 45.7 cm³/mol. The zero-order valence-corrected chi connectivity index (χ0v) is 8.08. The molecular formula is C8H7O5S-. The monoisotopic (exact) mass is 215 g/mol. The van der Waals surface area contributed by atoms with Crippen LogP contribution >= 0.6 is 0 Å². The number of hydrogen-bond donors (Lipinski definition) is 0. The van der Waals surface area contributed by atoms with Crippen LogP contribution < -0.4 is 0 Å². The molecule has 0 fully saturated rings. The summed E-state index contributed by atoms with van der Waals surface area (Å²) in [4.78, 5) is 10.6. The third kappa shape index (κ3) is 2.30. The zero-order valence-electron chi connectivity index (χ0n) is 7.26. The van der Waals surface area contributed by atoms with Crippen LogP contribution in [0.15, 0.2) is 29.2 Å². The highest BCUT2D eigenvalue weighted by atomic mass is 32.2. The van der Waals surface area contributed by atoms with Crippen molar-refractivity contribution in [3.8, 4) is 0 Å². The van der Waals surface area contributed by atoms with Crippen LogP contribution in [0.5, 0.6) is 0 Å². The summed E-state index contributed by atoms with van der Waals surface area (Å²) >= 11 is 0. The molecule has 0 unspecified atom stereocenters. The fourth-order valence-corrected chi connectivity index (χ4v) is 1.34. The number of esters is 1. The summed E-state index contributed by atoms with van der Waals surface area (Å²) in [7, 11) is -3.25. The van der Waals surface area contributed by atoms with Crippen molar-refractivity contribution >= 4 is 16.1 Å². The van der Waals surface area contributed by atoms with E-state index in [0.29, 0.717) is 0 Å². The van der Waals surface area contributed by atoms with Gasteiger partial charge in [-0.05, 0) is 24.3 Å². The van der Waals surface area contributed by atoms with E-state index >= 15 is 0 Å². The summed E-state index contributed by atoms with van der Waals surface area (Å²) < 4.78 is 35.9. The van der Waals surface area contributed by atoms with Crippen molar-refractivity contribution in [1.82, 2.24) is 0 Å². The molecule has 1 rings (SSSR count). The molecule has 0 spiro atoms. The molecule has 0 aliphatic heterocycles. The van der Waals surface area contributed by atoms with Crippen LogP contribution in [-0.2, 0) is 14.9 Å². The zero-order chi connectivity index (χ0) is 10.8. The Labute approximate surface area is 81.1 Å². The van der Waals surface area contributed by atoms with Crippen molar-refractivity contribution in [2.45, 2.75) is 4.90 Å². The molecule has 0 atom stereocenters. The Balaban J connectivity index is 3.07. The van der Waals surface area contributed by atoms with Crippen LogP contribution in [0.4, 0.5) is 0 Å². The minimum absolute atomic E-state index is 0.194. The van der Waals surface area contributed by atoms with Crippen LogP contribution in [0.3, 0.4) is 0 Å². The number of ether oxygens (including phenoxy) is 1. The number of hydrogen-bond acceptors (Lipinski definition) is 5. The first-order chi connectivity index (χ1) is 6.45. The van der Waals surface area contributed by atoms with E-state index in [9.17, 15) is 17.8 Å². The Kier molecular flexibility index (Phi) is 2.87. The molecule has 1 aromatic carbocycles. The highest BCUT2D eigenvalue weighted by Gasteiger charge is 2.06. The van der Waals surface area contributed by atoms with Gasteiger partial charge in [0.05, 0.1) is 17.6 Å². The largest absolute Gasteiger partial charge is 0.744 e. The van der Waals surface area contributed by atoms with Crippen molar-refractivity contribution in [2.75, 3.05) is 7.11 Å². The van der Waals surface area contributed by atoms with Crippen molar-refractivity contribution in [1.29, 1.82) is 0 Å². The number of carbonyl (C=O) groups is 1. The van der Waals surface area contributed by atoms with Gasteiger partial charge in [0, 0.05) is 0 Å². The van der Waals surface area contributed by atoms with E-state index in [1.165, 1.54) is 19.2 Å². The Morgan fingerprint density at radius 2 is 1.79 bits per heavy atom. The molecule has 6 heteroatoms. The van der Waals surface area contributed by atoms with Crippen molar-refractivity contribution < 1.29 is 22.5 Å². The first-order valence-corrected chi connectivity index (χ1v) is 5.00. The SMILES string of the molecule is COC(=O)c1ccc(S(=O)(=O)[O-])cc1. The molecule has 0 radical (unpaired) electrons. The molecule has 5 nitrogen and oxygen atoms in total. The van der Waals surface area contributed by atoms with E-state index in [0.717, 1.165) is 12.1 Å². The molecule has 1 aromatic rings. The van der Waals surface area contributed by atoms with Crippen molar-refractivity contribution in [3.63, 3.8) is 0 Å². The lowest BCUT2D eigenvalue weighted by molar-refractivity contribution is 0.0600. The van der Waals surface area contributed by atoms with Crippen LogP contribution in [0.2, 0.25) is 0 Å². The average molecular weight is 215 g/mol. The van der Waals surface area contributed by atoms with Crippen molar-refractivity contribution in [2.24, 2.45) is 0 Å². The van der Waals surface area contributed by atoms with Gasteiger partial charge in [0.25, 0.3) is 0 Å². The summed E-state index contributed by atoms with van der Waals surface area (Å²) in [5.74, 6) is -0.583. The van der Waals surface area contributed by atoms with Crippen LogP contribution in [0, 0.1) is 0 Å². The Hall–Kier alpha value is -1.40. The van der Waals surface area contributed by atoms with E-state index in [1.54, 1.807) is 0 Å². The van der Waals surface area contributed by atoms with Gasteiger partial charge in [0.2, 0.25) is 0 Å². The standard InChI is InChI=1S/C8H8O5S/c1-13-8(9)6-2-4-7(5-3-6)14(10,11)12/h2-5H,1H3,(H,10,11,12)/p-1. The fourth-order valence-electron chi connectivity index (χ4n) is 0.876. The van der Waals surface area contributed by atoms with Gasteiger partial charge in [0.1, 0.15) is 10.1 Å². The molecule has 76 valence electrons. The van der Waals surface area contributed by atoms with Gasteiger partial charge in [-0.15, -0.1) is 0 Å². The molecule has 0 aliphatic carbocycles. The molecule has 0 N–H and O–H groups in total. The molecule has 0 aliphatic rings. The van der Waals surface area contributed by atoms with Gasteiger partial charge < -0.3 is 9.29 Å². The maximum absolute atomic E-state index is 10.9. The lowest BCUT2D eigenvalue weighted by Crippen LogP contribution is -2.03. The maximum Gasteiger partial charge on any atom is 0.337 e. The van der Waals surface area contributed by atoms with Crippen LogP contribution in [0.25, 0.3) is 0 Å². The average Bonchev–Trinajstić information content (AvgIpc) is 2.15. The summed E-state index contributed by atoms with van der Waals surface area (Å²) in [5, 5.41) is 0. The minimum Gasteiger partial charge on any atom is -0.744 e. The molecule has 0 bridgehead atoms. The lowest BCUT2D eigenvalue weighted by Gasteiger charge is -2.06. The first-order valence-electron chi connectivity index (χ1n) is 3.59. The molecule has 14 heavy (non-hydrogen) atoms. The number of methoxy groups -OCH3 is 1. The summed E-state index contributed by atoms with van der Waals surface area (Å²) in [6, 6.07) is 4.57. The van der Waals surface area contributed by atoms with Gasteiger partial charge in [-0.25, -0.2) is 13.2 Å². The van der Waals surface area contributed by atoms with E-state index < -0.39 is 16.1 Å². The molecule has 0 amide bonds. The number of carbonyl (C=O) groups excluding carboxylic acids is 1. The van der Waals surface area contributed by atoms with Gasteiger partial charge >= 0.3 is 5.97 Å². The van der Waals surface area contributed by atoms with Gasteiger partial charge in [-0.1, -0.05) is 0 Å². The Morgan fingerprint density at radius 1 is 1.29 bits per heavy atom. The molecule has 0 heterocycles. The van der Waals surface area contributed by atoms with Gasteiger partial charge in [-0.2, -0.15) is 0 Å². The van der Waals surface area contributed by atoms with Crippen molar-refractivity contribution in [3.05, 3.63) is 29.8 Å². The van der Waals surface area contributed by atoms with Crippen LogP contribution in [-0.4, -0.2) is 26.0 Å². The smallest absolute Gasteiger partial charge is 0.337 e. The van der Waals surface area contributed by atoms with E-state index in [2.05, 4.69) is 4.74 Å². The molecule has 0 saturated heterocycles. The second-order valence-corrected chi connectivity index (χ2v) is 3.85. The quantitative estimate of drug-likeness (QED) is 0.526. The van der Waals surface area contributed by atoms with E-state index in [-0.39, 0.29) is 10.5 Å². The number of benzene rings is 1. The normalized spacial score (nSPS) is 11.0. The van der Waals surface area contributed by atoms with Crippen LogP contribution in [0.1, 0.15) is 10.4 Å². The Bertz CT molecular complexity index is 431. The van der Waals surface area contributed by atoms with E-state index in [4.69, 9.17) is 0 Å². The third-order valence-corrected chi connectivity index (χ3v) is 2.41. The topological polar surface area (TPSA) is 83.5 Å². The highest BCUT2D eigenvalue weighted by Crippen LogP contribution is 2.10. The summed E-state index contributed by atoms with van der Waals surface area (Å²) in [6.07, 6.45) is 0. The lowest BCUT2D eigenvalue weighted by atomic mass is 10.2. The fraction of sp³-hybridized carbons (Fsp3) is 0.125. The third-order valence-electron chi connectivity index (χ3n) is 1.56. The first kappa shape index (κ1) is 10.7. The second kappa shape index (κ2) is 3.77. The Morgan fingerprint density at radius 3 is 2.14 bits per heavy atom. The molecule has 0 aromatic heterocycles. The maximum atomic E-state index is 10.9. The van der Waals surface area contributed by atoms with Gasteiger partial charge in [0.15, 0.2) is 0 Å². The highest BCUT2D eigenvalue weighted by molar-refractivity contribution is 7.85. The van der Waals surface area contributed by atoms with Gasteiger partial charge in [-0.3, -0.25) is 0 Å². The van der Waals surface area contributed by atoms with E-state index in [1.807, 2.05) is 0 Å². The molecular weight excluding hydrogens is 208 g/mol. The minimum atomic E-state index is -4.45. The second-order valence-electron chi connectivity index (χ2n) is 2.47. The molecule has 0 saturated carbocycles.